The maximum Gasteiger partial charge on any atom is 0.306 e. The molecule has 0 amide bonds. The highest BCUT2D eigenvalue weighted by molar-refractivity contribution is 9.10. The number of nitrogens with zero attached hydrogens (tertiary/aromatic N) is 1. The number of hydrogen-bond acceptors (Lipinski definition) is 2. The van der Waals surface area contributed by atoms with Crippen molar-refractivity contribution in [2.45, 2.75) is 32.2 Å². The summed E-state index contributed by atoms with van der Waals surface area (Å²) >= 11 is 3.52. The summed E-state index contributed by atoms with van der Waals surface area (Å²) in [7, 11) is 0. The van der Waals surface area contributed by atoms with Gasteiger partial charge in [0.25, 0.3) is 0 Å². The second kappa shape index (κ2) is 6.53. The number of halogens is 1. The number of hydrogen-bond donors (Lipinski definition) is 1. The van der Waals surface area contributed by atoms with Gasteiger partial charge in [0.15, 0.2) is 0 Å². The number of carboxylic acids is 1. The van der Waals surface area contributed by atoms with Crippen LogP contribution in [0.2, 0.25) is 0 Å². The minimum Gasteiger partial charge on any atom is -0.481 e. The molecule has 1 N–H and O–H groups in total. The Bertz CT molecular complexity index is 442. The maximum absolute atomic E-state index is 11.0. The summed E-state index contributed by atoms with van der Waals surface area (Å²) in [5.74, 6) is -0.800. The number of carbonyl (C=O) groups is 1. The van der Waals surface area contributed by atoms with Crippen molar-refractivity contribution in [2.75, 3.05) is 13.1 Å². The molecule has 1 heterocycles. The molecule has 1 saturated heterocycles. The van der Waals surface area contributed by atoms with Gasteiger partial charge < -0.3 is 5.11 Å². The average Bonchev–Trinajstić information content (AvgIpc) is 2.40. The number of piperidine rings is 1. The standard InChI is InChI=1S/C15H20BrNO2/c1-2-14(12-4-3-5-13(16)10-12)17-8-6-11(7-9-17)15(18)19/h3-5,10-11,14H,2,6-9H2,1H3,(H,18,19). The molecule has 0 saturated carbocycles. The molecule has 1 aliphatic heterocycles. The largest absolute Gasteiger partial charge is 0.481 e. The predicted octanol–water partition coefficient (Wildman–Crippen LogP) is 3.70. The first-order valence-corrected chi connectivity index (χ1v) is 7.63. The summed E-state index contributed by atoms with van der Waals surface area (Å²) in [4.78, 5) is 13.4. The Morgan fingerprint density at radius 3 is 2.68 bits per heavy atom. The lowest BCUT2D eigenvalue weighted by Crippen LogP contribution is -2.38. The molecule has 1 aromatic rings. The number of aliphatic carboxylic acids is 1. The van der Waals surface area contributed by atoms with Crippen LogP contribution >= 0.6 is 15.9 Å². The zero-order valence-electron chi connectivity index (χ0n) is 11.2. The summed E-state index contributed by atoms with van der Waals surface area (Å²) in [5.41, 5.74) is 1.31. The van der Waals surface area contributed by atoms with Gasteiger partial charge in [-0.25, -0.2) is 0 Å². The summed E-state index contributed by atoms with van der Waals surface area (Å²) in [5, 5.41) is 9.05. The van der Waals surface area contributed by atoms with E-state index < -0.39 is 5.97 Å². The van der Waals surface area contributed by atoms with Crippen molar-refractivity contribution < 1.29 is 9.90 Å². The van der Waals surface area contributed by atoms with E-state index in [0.717, 1.165) is 36.8 Å². The van der Waals surface area contributed by atoms with Gasteiger partial charge in [0.05, 0.1) is 5.92 Å². The van der Waals surface area contributed by atoms with Crippen LogP contribution in [-0.4, -0.2) is 29.1 Å². The fraction of sp³-hybridized carbons (Fsp3) is 0.533. The van der Waals surface area contributed by atoms with Gasteiger partial charge in [-0.3, -0.25) is 9.69 Å². The third-order valence-corrected chi connectivity index (χ3v) is 4.43. The third kappa shape index (κ3) is 3.57. The van der Waals surface area contributed by atoms with Crippen LogP contribution in [0.3, 0.4) is 0 Å². The molecule has 0 bridgehead atoms. The van der Waals surface area contributed by atoms with E-state index in [0.29, 0.717) is 6.04 Å². The second-order valence-electron chi connectivity index (χ2n) is 5.13. The molecule has 104 valence electrons. The molecule has 19 heavy (non-hydrogen) atoms. The van der Waals surface area contributed by atoms with Crippen LogP contribution in [0.5, 0.6) is 0 Å². The highest BCUT2D eigenvalue weighted by Crippen LogP contribution is 2.30. The first-order chi connectivity index (χ1) is 9.11. The molecule has 1 unspecified atom stereocenters. The Morgan fingerprint density at radius 2 is 2.16 bits per heavy atom. The molecule has 1 aromatic carbocycles. The summed E-state index contributed by atoms with van der Waals surface area (Å²) in [6, 6.07) is 8.81. The van der Waals surface area contributed by atoms with Crippen molar-refractivity contribution in [3.05, 3.63) is 34.3 Å². The minimum atomic E-state index is -0.643. The van der Waals surface area contributed by atoms with E-state index in [2.05, 4.69) is 46.0 Å². The molecule has 2 rings (SSSR count). The molecule has 0 aromatic heterocycles. The maximum atomic E-state index is 11.0. The molecule has 0 radical (unpaired) electrons. The van der Waals surface area contributed by atoms with Crippen molar-refractivity contribution in [1.29, 1.82) is 0 Å². The van der Waals surface area contributed by atoms with Crippen LogP contribution in [0.4, 0.5) is 0 Å². The van der Waals surface area contributed by atoms with E-state index in [4.69, 9.17) is 5.11 Å². The van der Waals surface area contributed by atoms with E-state index in [1.807, 2.05) is 6.07 Å². The first-order valence-electron chi connectivity index (χ1n) is 6.84. The normalized spacial score (nSPS) is 19.3. The van der Waals surface area contributed by atoms with Crippen molar-refractivity contribution in [3.8, 4) is 0 Å². The topological polar surface area (TPSA) is 40.5 Å². The van der Waals surface area contributed by atoms with E-state index in [-0.39, 0.29) is 5.92 Å². The third-order valence-electron chi connectivity index (χ3n) is 3.94. The minimum absolute atomic E-state index is 0.156. The lowest BCUT2D eigenvalue weighted by molar-refractivity contribution is -0.143. The summed E-state index contributed by atoms with van der Waals surface area (Å²) in [6.45, 7) is 3.94. The molecule has 4 heteroatoms. The van der Waals surface area contributed by atoms with Crippen LogP contribution in [0, 0.1) is 5.92 Å². The fourth-order valence-electron chi connectivity index (χ4n) is 2.88. The Morgan fingerprint density at radius 1 is 1.47 bits per heavy atom. The van der Waals surface area contributed by atoms with E-state index in [9.17, 15) is 4.79 Å². The van der Waals surface area contributed by atoms with Crippen LogP contribution < -0.4 is 0 Å². The smallest absolute Gasteiger partial charge is 0.306 e. The van der Waals surface area contributed by atoms with Gasteiger partial charge in [-0.2, -0.15) is 0 Å². The van der Waals surface area contributed by atoms with Crippen molar-refractivity contribution >= 4 is 21.9 Å². The van der Waals surface area contributed by atoms with Crippen LogP contribution in [0.15, 0.2) is 28.7 Å². The summed E-state index contributed by atoms with van der Waals surface area (Å²) < 4.78 is 1.10. The van der Waals surface area contributed by atoms with Gasteiger partial charge in [0.1, 0.15) is 0 Å². The number of carboxylic acid groups (broad SMARTS) is 1. The molecule has 0 aliphatic carbocycles. The quantitative estimate of drug-likeness (QED) is 0.917. The Hall–Kier alpha value is -0.870. The monoisotopic (exact) mass is 325 g/mol. The average molecular weight is 326 g/mol. The van der Waals surface area contributed by atoms with E-state index in [1.165, 1.54) is 5.56 Å². The summed E-state index contributed by atoms with van der Waals surface area (Å²) in [6.07, 6.45) is 2.58. The van der Waals surface area contributed by atoms with Crippen molar-refractivity contribution in [1.82, 2.24) is 4.90 Å². The number of benzene rings is 1. The lowest BCUT2D eigenvalue weighted by Gasteiger charge is -2.36. The van der Waals surface area contributed by atoms with Gasteiger partial charge in [0, 0.05) is 10.5 Å². The van der Waals surface area contributed by atoms with E-state index >= 15 is 0 Å². The predicted molar refractivity (Wildman–Crippen MR) is 79.1 cm³/mol. The molecule has 3 nitrogen and oxygen atoms in total. The number of likely N-dealkylation sites (tertiary alicyclic amines) is 1. The number of rotatable bonds is 4. The first kappa shape index (κ1) is 14.5. The second-order valence-corrected chi connectivity index (χ2v) is 6.04. The molecule has 0 spiro atoms. The van der Waals surface area contributed by atoms with Crippen molar-refractivity contribution in [2.24, 2.45) is 5.92 Å². The van der Waals surface area contributed by atoms with Crippen LogP contribution in [0.1, 0.15) is 37.8 Å². The highest BCUT2D eigenvalue weighted by Gasteiger charge is 2.28. The van der Waals surface area contributed by atoms with Gasteiger partial charge in [0.2, 0.25) is 0 Å². The Kier molecular flexibility index (Phi) is 4.99. The molecule has 1 aliphatic rings. The molecular weight excluding hydrogens is 306 g/mol. The zero-order chi connectivity index (χ0) is 13.8. The molecular formula is C15H20BrNO2. The van der Waals surface area contributed by atoms with Gasteiger partial charge in [-0.05, 0) is 50.0 Å². The van der Waals surface area contributed by atoms with Gasteiger partial charge in [-0.15, -0.1) is 0 Å². The molecule has 1 fully saturated rings. The highest BCUT2D eigenvalue weighted by atomic mass is 79.9. The Balaban J connectivity index is 2.05. The van der Waals surface area contributed by atoms with Gasteiger partial charge in [-0.1, -0.05) is 35.0 Å². The van der Waals surface area contributed by atoms with Gasteiger partial charge >= 0.3 is 5.97 Å². The molecule has 1 atom stereocenters. The van der Waals surface area contributed by atoms with Crippen LogP contribution in [0.25, 0.3) is 0 Å². The lowest BCUT2D eigenvalue weighted by atomic mass is 9.93. The Labute approximate surface area is 122 Å². The van der Waals surface area contributed by atoms with E-state index in [1.54, 1.807) is 0 Å². The van der Waals surface area contributed by atoms with Crippen molar-refractivity contribution in [3.63, 3.8) is 0 Å². The zero-order valence-corrected chi connectivity index (χ0v) is 12.8. The SMILES string of the molecule is CCC(c1cccc(Br)c1)N1CCC(C(=O)O)CC1. The fourth-order valence-corrected chi connectivity index (χ4v) is 3.29. The van der Waals surface area contributed by atoms with Crippen LogP contribution in [-0.2, 0) is 4.79 Å².